The van der Waals surface area contributed by atoms with E-state index in [0.29, 0.717) is 14.2 Å². The minimum absolute atomic E-state index is 0.234. The van der Waals surface area contributed by atoms with Crippen molar-refractivity contribution in [2.24, 2.45) is 0 Å². The number of rotatable bonds is 3. The van der Waals surface area contributed by atoms with E-state index in [2.05, 4.69) is 4.98 Å². The third kappa shape index (κ3) is 3.27. The highest BCUT2D eigenvalue weighted by Crippen LogP contribution is 2.09. The van der Waals surface area contributed by atoms with Gasteiger partial charge in [-0.3, -0.25) is 9.59 Å². The maximum atomic E-state index is 11.9. The summed E-state index contributed by atoms with van der Waals surface area (Å²) in [4.78, 5) is 26.5. The Hall–Kier alpha value is -2.37. The molecule has 0 radical (unpaired) electrons. The molecule has 2 aromatic heterocycles. The van der Waals surface area contributed by atoms with E-state index in [4.69, 9.17) is 16.0 Å². The first-order valence-electron chi connectivity index (χ1n) is 6.38. The number of hydrogen-bond donors (Lipinski definition) is 1. The monoisotopic (exact) mass is 331 g/mol. The number of thiazole rings is 1. The molecule has 0 aliphatic heterocycles. The van der Waals surface area contributed by atoms with E-state index in [1.54, 1.807) is 30.3 Å². The van der Waals surface area contributed by atoms with Crippen LogP contribution in [0.15, 0.2) is 51.9 Å². The van der Waals surface area contributed by atoms with Crippen LogP contribution in [0.1, 0.15) is 16.1 Å². The smallest absolute Gasteiger partial charge is 0.266 e. The number of ketones is 1. The highest BCUT2D eigenvalue weighted by molar-refractivity contribution is 7.07. The van der Waals surface area contributed by atoms with E-state index in [1.807, 2.05) is 12.1 Å². The van der Waals surface area contributed by atoms with Crippen LogP contribution in [0, 0.1) is 0 Å². The van der Waals surface area contributed by atoms with Crippen LogP contribution in [0.3, 0.4) is 0 Å². The lowest BCUT2D eigenvalue weighted by Crippen LogP contribution is -2.19. The molecule has 1 aromatic carbocycles. The quantitative estimate of drug-likeness (QED) is 0.748. The zero-order valence-corrected chi connectivity index (χ0v) is 12.8. The maximum absolute atomic E-state index is 11.9. The fourth-order valence-electron chi connectivity index (χ4n) is 1.84. The first kappa shape index (κ1) is 14.6. The van der Waals surface area contributed by atoms with Crippen molar-refractivity contribution in [3.8, 4) is 0 Å². The van der Waals surface area contributed by atoms with Crippen LogP contribution >= 0.6 is 22.9 Å². The normalized spacial score (nSPS) is 12.8. The molecule has 4 nitrogen and oxygen atoms in total. The lowest BCUT2D eigenvalue weighted by molar-refractivity contribution is 0.103. The van der Waals surface area contributed by atoms with Crippen molar-refractivity contribution in [3.05, 3.63) is 78.6 Å². The second kappa shape index (κ2) is 6.17. The minimum atomic E-state index is -0.291. The van der Waals surface area contributed by atoms with Crippen molar-refractivity contribution < 1.29 is 9.21 Å². The molecule has 0 fully saturated rings. The van der Waals surface area contributed by atoms with E-state index in [9.17, 15) is 9.59 Å². The van der Waals surface area contributed by atoms with E-state index in [1.165, 1.54) is 23.7 Å². The lowest BCUT2D eigenvalue weighted by atomic mass is 10.2. The number of aromatic amines is 1. The van der Waals surface area contributed by atoms with Gasteiger partial charge >= 0.3 is 0 Å². The summed E-state index contributed by atoms with van der Waals surface area (Å²) in [6.07, 6.45) is 4.52. The first-order valence-corrected chi connectivity index (χ1v) is 7.57. The van der Waals surface area contributed by atoms with Gasteiger partial charge in [0, 0.05) is 11.1 Å². The fourth-order valence-corrected chi connectivity index (χ4v) is 2.86. The number of furan rings is 1. The van der Waals surface area contributed by atoms with Crippen LogP contribution in [0.25, 0.3) is 12.2 Å². The summed E-state index contributed by atoms with van der Waals surface area (Å²) < 4.78 is 6.02. The number of halogens is 1. The summed E-state index contributed by atoms with van der Waals surface area (Å²) in [6, 6.07) is 10.4. The average Bonchev–Trinajstić information content (AvgIpc) is 3.12. The van der Waals surface area contributed by atoms with E-state index in [0.717, 1.165) is 5.56 Å². The molecule has 0 aliphatic rings. The van der Waals surface area contributed by atoms with Gasteiger partial charge in [0.05, 0.1) is 15.5 Å². The van der Waals surface area contributed by atoms with Crippen LogP contribution in [-0.2, 0) is 0 Å². The van der Waals surface area contributed by atoms with E-state index < -0.39 is 0 Å². The Bertz CT molecular complexity index is 966. The molecular formula is C16H10ClNO3S. The molecule has 0 amide bonds. The standard InChI is InChI=1S/C16H10ClNO3S/c17-11-5-3-10(4-6-11)8-14-16(20)18-15(22-14)9-12(19)13-2-1-7-21-13/h1-9H,(H,18,20). The summed E-state index contributed by atoms with van der Waals surface area (Å²) in [5.74, 6) is -0.0574. The topological polar surface area (TPSA) is 63.1 Å². The largest absolute Gasteiger partial charge is 0.461 e. The number of aromatic nitrogens is 1. The molecule has 110 valence electrons. The van der Waals surface area contributed by atoms with E-state index in [-0.39, 0.29) is 17.1 Å². The molecule has 0 atom stereocenters. The highest BCUT2D eigenvalue weighted by atomic mass is 35.5. The number of hydrogen-bond acceptors (Lipinski definition) is 4. The highest BCUT2D eigenvalue weighted by Gasteiger charge is 2.05. The predicted octanol–water partition coefficient (Wildman–Crippen LogP) is 2.18. The maximum Gasteiger partial charge on any atom is 0.266 e. The molecule has 0 saturated heterocycles. The minimum Gasteiger partial charge on any atom is -0.461 e. The molecule has 0 spiro atoms. The summed E-state index contributed by atoms with van der Waals surface area (Å²) >= 11 is 7.04. The van der Waals surface area contributed by atoms with E-state index >= 15 is 0 Å². The van der Waals surface area contributed by atoms with Gasteiger partial charge in [-0.2, -0.15) is 0 Å². The van der Waals surface area contributed by atoms with Crippen LogP contribution in [-0.4, -0.2) is 10.8 Å². The van der Waals surface area contributed by atoms with Crippen molar-refractivity contribution in [1.29, 1.82) is 0 Å². The molecule has 0 bridgehead atoms. The Kier molecular flexibility index (Phi) is 4.09. The van der Waals surface area contributed by atoms with Crippen LogP contribution in [0.4, 0.5) is 0 Å². The van der Waals surface area contributed by atoms with Crippen molar-refractivity contribution in [2.45, 2.75) is 0 Å². The van der Waals surface area contributed by atoms with Gasteiger partial charge in [0.25, 0.3) is 5.56 Å². The van der Waals surface area contributed by atoms with Crippen molar-refractivity contribution in [2.75, 3.05) is 0 Å². The Morgan fingerprint density at radius 3 is 2.68 bits per heavy atom. The molecule has 1 N–H and O–H groups in total. The number of Topliss-reactive ketones (excluding diaryl/α,β-unsaturated/α-hetero) is 1. The molecule has 6 heteroatoms. The summed E-state index contributed by atoms with van der Waals surface area (Å²) in [6.45, 7) is 0. The molecule has 0 aliphatic carbocycles. The summed E-state index contributed by atoms with van der Waals surface area (Å²) in [5.41, 5.74) is 0.624. The number of benzene rings is 1. The Labute approximate surface area is 134 Å². The number of nitrogens with one attached hydrogen (secondary N) is 1. The average molecular weight is 332 g/mol. The number of carbonyl (C=O) groups is 1. The Morgan fingerprint density at radius 2 is 2.00 bits per heavy atom. The third-order valence-corrected chi connectivity index (χ3v) is 4.09. The van der Waals surface area contributed by atoms with Gasteiger partial charge in [-0.1, -0.05) is 23.7 Å². The van der Waals surface area contributed by atoms with Gasteiger partial charge in [0.1, 0.15) is 0 Å². The summed E-state index contributed by atoms with van der Waals surface area (Å²) in [5, 5.41) is 0.635. The Balaban J connectivity index is 1.99. The number of H-pyrrole nitrogens is 1. The van der Waals surface area contributed by atoms with Crippen molar-refractivity contribution in [1.82, 2.24) is 4.98 Å². The number of carbonyl (C=O) groups excluding carboxylic acids is 1. The van der Waals surface area contributed by atoms with Crippen molar-refractivity contribution >= 4 is 40.9 Å². The summed E-state index contributed by atoms with van der Waals surface area (Å²) in [7, 11) is 0. The second-order valence-electron chi connectivity index (χ2n) is 4.47. The SMILES string of the molecule is O=C(C=c1[nH]c(=O)c(=Cc2ccc(Cl)cc2)s1)c1ccco1. The van der Waals surface area contributed by atoms with Crippen LogP contribution < -0.4 is 14.8 Å². The molecule has 3 aromatic rings. The fraction of sp³-hybridized carbons (Fsp3) is 0. The Morgan fingerprint density at radius 1 is 1.23 bits per heavy atom. The zero-order chi connectivity index (χ0) is 15.5. The van der Waals surface area contributed by atoms with Gasteiger partial charge in [-0.25, -0.2) is 0 Å². The van der Waals surface area contributed by atoms with Gasteiger partial charge in [0.15, 0.2) is 5.76 Å². The molecule has 22 heavy (non-hydrogen) atoms. The zero-order valence-electron chi connectivity index (χ0n) is 11.2. The van der Waals surface area contributed by atoms with Crippen LogP contribution in [0.2, 0.25) is 5.02 Å². The van der Waals surface area contributed by atoms with Crippen molar-refractivity contribution in [3.63, 3.8) is 0 Å². The van der Waals surface area contributed by atoms with Gasteiger partial charge in [0.2, 0.25) is 5.78 Å². The molecular weight excluding hydrogens is 322 g/mol. The van der Waals surface area contributed by atoms with Crippen LogP contribution in [0.5, 0.6) is 0 Å². The second-order valence-corrected chi connectivity index (χ2v) is 5.99. The molecule has 2 heterocycles. The molecule has 0 saturated carbocycles. The first-order chi connectivity index (χ1) is 10.6. The lowest BCUT2D eigenvalue weighted by Gasteiger charge is -1.91. The molecule has 3 rings (SSSR count). The molecule has 0 unspecified atom stereocenters. The predicted molar refractivity (Wildman–Crippen MR) is 86.7 cm³/mol. The van der Waals surface area contributed by atoms with Gasteiger partial charge in [-0.05, 0) is 35.9 Å². The third-order valence-electron chi connectivity index (χ3n) is 2.87. The van der Waals surface area contributed by atoms with Gasteiger partial charge < -0.3 is 9.40 Å². The van der Waals surface area contributed by atoms with Gasteiger partial charge in [-0.15, -0.1) is 11.3 Å².